The molecule has 1 aromatic rings. The van der Waals surface area contributed by atoms with Crippen molar-refractivity contribution in [3.05, 3.63) is 35.4 Å². The molecule has 21 heavy (non-hydrogen) atoms. The molecule has 1 aliphatic rings. The highest BCUT2D eigenvalue weighted by molar-refractivity contribution is 5.76. The molecule has 1 amide bonds. The van der Waals surface area contributed by atoms with Crippen LogP contribution in [0.2, 0.25) is 0 Å². The van der Waals surface area contributed by atoms with Gasteiger partial charge in [-0.1, -0.05) is 55.5 Å². The molecule has 0 spiro atoms. The van der Waals surface area contributed by atoms with E-state index in [1.54, 1.807) is 0 Å². The molecular formula is C18H27NO2. The fourth-order valence-electron chi connectivity index (χ4n) is 3.04. The maximum Gasteiger partial charge on any atom is 0.220 e. The van der Waals surface area contributed by atoms with Crippen LogP contribution in [0.15, 0.2) is 24.3 Å². The first-order valence-electron chi connectivity index (χ1n) is 8.12. The normalized spacial score (nSPS) is 18.0. The monoisotopic (exact) mass is 289 g/mol. The minimum atomic E-state index is -0.685. The van der Waals surface area contributed by atoms with Crippen molar-refractivity contribution in [1.29, 1.82) is 0 Å². The van der Waals surface area contributed by atoms with Crippen molar-refractivity contribution in [2.45, 2.75) is 63.9 Å². The third kappa shape index (κ3) is 5.50. The maximum atomic E-state index is 11.9. The van der Waals surface area contributed by atoms with Crippen LogP contribution < -0.4 is 5.32 Å². The average Bonchev–Trinajstić information content (AvgIpc) is 2.68. The van der Waals surface area contributed by atoms with Crippen LogP contribution >= 0.6 is 0 Å². The van der Waals surface area contributed by atoms with Gasteiger partial charge in [0, 0.05) is 13.0 Å². The first-order chi connectivity index (χ1) is 10.1. The van der Waals surface area contributed by atoms with E-state index in [2.05, 4.69) is 30.4 Å². The molecule has 1 aliphatic carbocycles. The van der Waals surface area contributed by atoms with Gasteiger partial charge >= 0.3 is 0 Å². The molecule has 0 unspecified atom stereocenters. The number of carbonyl (C=O) groups excluding carboxylic acids is 1. The summed E-state index contributed by atoms with van der Waals surface area (Å²) in [5, 5.41) is 13.4. The summed E-state index contributed by atoms with van der Waals surface area (Å²) in [6.07, 6.45) is 7.39. The van der Waals surface area contributed by atoms with Gasteiger partial charge in [-0.15, -0.1) is 0 Å². The molecule has 2 rings (SSSR count). The largest absolute Gasteiger partial charge is 0.388 e. The van der Waals surface area contributed by atoms with E-state index in [9.17, 15) is 9.90 Å². The molecule has 0 atom stereocenters. The Bertz CT molecular complexity index is 462. The van der Waals surface area contributed by atoms with E-state index in [1.807, 2.05) is 6.07 Å². The summed E-state index contributed by atoms with van der Waals surface area (Å²) in [4.78, 5) is 11.9. The van der Waals surface area contributed by atoms with Crippen molar-refractivity contribution in [1.82, 2.24) is 5.32 Å². The summed E-state index contributed by atoms with van der Waals surface area (Å²) in [7, 11) is 0. The SMILES string of the molecule is Cc1cccc(CCC(=O)NCC2(O)CCCCCC2)c1. The fourth-order valence-corrected chi connectivity index (χ4v) is 3.04. The van der Waals surface area contributed by atoms with Gasteiger partial charge in [-0.25, -0.2) is 0 Å². The summed E-state index contributed by atoms with van der Waals surface area (Å²) in [5.74, 6) is 0.0363. The fraction of sp³-hybridized carbons (Fsp3) is 0.611. The molecule has 0 radical (unpaired) electrons. The number of aryl methyl sites for hydroxylation is 2. The lowest BCUT2D eigenvalue weighted by atomic mass is 9.94. The molecular weight excluding hydrogens is 262 g/mol. The summed E-state index contributed by atoms with van der Waals surface area (Å²) >= 11 is 0. The van der Waals surface area contributed by atoms with E-state index in [0.29, 0.717) is 13.0 Å². The Morgan fingerprint density at radius 1 is 1.24 bits per heavy atom. The smallest absolute Gasteiger partial charge is 0.220 e. The average molecular weight is 289 g/mol. The second-order valence-electron chi connectivity index (χ2n) is 6.40. The number of hydrogen-bond donors (Lipinski definition) is 2. The Morgan fingerprint density at radius 3 is 2.62 bits per heavy atom. The zero-order valence-electron chi connectivity index (χ0n) is 13.0. The number of hydrogen-bond acceptors (Lipinski definition) is 2. The minimum Gasteiger partial charge on any atom is -0.388 e. The second-order valence-corrected chi connectivity index (χ2v) is 6.40. The summed E-state index contributed by atoms with van der Waals surface area (Å²) in [6, 6.07) is 8.26. The first kappa shape index (κ1) is 16.0. The van der Waals surface area contributed by atoms with Gasteiger partial charge in [0.1, 0.15) is 0 Å². The van der Waals surface area contributed by atoms with Crippen molar-refractivity contribution >= 4 is 5.91 Å². The van der Waals surface area contributed by atoms with Gasteiger partial charge in [0.2, 0.25) is 5.91 Å². The molecule has 2 N–H and O–H groups in total. The zero-order valence-corrected chi connectivity index (χ0v) is 13.0. The van der Waals surface area contributed by atoms with Gasteiger partial charge in [0.15, 0.2) is 0 Å². The second kappa shape index (κ2) is 7.60. The van der Waals surface area contributed by atoms with Crippen LogP contribution in [0.1, 0.15) is 56.1 Å². The lowest BCUT2D eigenvalue weighted by Crippen LogP contribution is -2.42. The van der Waals surface area contributed by atoms with E-state index in [1.165, 1.54) is 24.0 Å². The van der Waals surface area contributed by atoms with Gasteiger partial charge < -0.3 is 10.4 Å². The highest BCUT2D eigenvalue weighted by Gasteiger charge is 2.28. The Balaban J connectivity index is 1.74. The summed E-state index contributed by atoms with van der Waals surface area (Å²) in [5.41, 5.74) is 1.73. The van der Waals surface area contributed by atoms with Gasteiger partial charge in [0.25, 0.3) is 0 Å². The van der Waals surface area contributed by atoms with E-state index in [4.69, 9.17) is 0 Å². The first-order valence-corrected chi connectivity index (χ1v) is 8.12. The van der Waals surface area contributed by atoms with Crippen LogP contribution in [0, 0.1) is 6.92 Å². The van der Waals surface area contributed by atoms with Crippen LogP contribution in [-0.4, -0.2) is 23.2 Å². The molecule has 0 aromatic heterocycles. The molecule has 3 nitrogen and oxygen atoms in total. The van der Waals surface area contributed by atoms with Crippen molar-refractivity contribution in [3.63, 3.8) is 0 Å². The van der Waals surface area contributed by atoms with Gasteiger partial charge in [-0.05, 0) is 31.7 Å². The number of amides is 1. The Labute approximate surface area is 127 Å². The topological polar surface area (TPSA) is 49.3 Å². The van der Waals surface area contributed by atoms with E-state index < -0.39 is 5.60 Å². The summed E-state index contributed by atoms with van der Waals surface area (Å²) < 4.78 is 0. The standard InChI is InChI=1S/C18H27NO2/c1-15-7-6-8-16(13-15)9-10-17(20)19-14-18(21)11-4-2-3-5-12-18/h6-8,13,21H,2-5,9-12,14H2,1H3,(H,19,20). The van der Waals surface area contributed by atoms with E-state index >= 15 is 0 Å². The van der Waals surface area contributed by atoms with Gasteiger partial charge in [0.05, 0.1) is 5.60 Å². The highest BCUT2D eigenvalue weighted by atomic mass is 16.3. The van der Waals surface area contributed by atoms with Crippen molar-refractivity contribution in [2.24, 2.45) is 0 Å². The number of nitrogens with one attached hydrogen (secondary N) is 1. The van der Waals surface area contributed by atoms with Crippen LogP contribution in [0.25, 0.3) is 0 Å². The van der Waals surface area contributed by atoms with E-state index in [0.717, 1.165) is 32.1 Å². The predicted molar refractivity (Wildman–Crippen MR) is 85.2 cm³/mol. The molecule has 0 aliphatic heterocycles. The van der Waals surface area contributed by atoms with Crippen LogP contribution in [-0.2, 0) is 11.2 Å². The maximum absolute atomic E-state index is 11.9. The quantitative estimate of drug-likeness (QED) is 0.818. The Hall–Kier alpha value is -1.35. The van der Waals surface area contributed by atoms with Crippen LogP contribution in [0.3, 0.4) is 0 Å². The Kier molecular flexibility index (Phi) is 5.80. The molecule has 116 valence electrons. The number of rotatable bonds is 5. The molecule has 0 bridgehead atoms. The molecule has 1 saturated carbocycles. The zero-order chi connectivity index (χ0) is 15.1. The number of benzene rings is 1. The van der Waals surface area contributed by atoms with Crippen molar-refractivity contribution in [2.75, 3.05) is 6.54 Å². The molecule has 0 saturated heterocycles. The lowest BCUT2D eigenvalue weighted by Gasteiger charge is -2.26. The minimum absolute atomic E-state index is 0.0363. The lowest BCUT2D eigenvalue weighted by molar-refractivity contribution is -0.122. The predicted octanol–water partition coefficient (Wildman–Crippen LogP) is 3.13. The molecule has 1 aromatic carbocycles. The van der Waals surface area contributed by atoms with Crippen LogP contribution in [0.5, 0.6) is 0 Å². The van der Waals surface area contributed by atoms with Crippen LogP contribution in [0.4, 0.5) is 0 Å². The highest BCUT2D eigenvalue weighted by Crippen LogP contribution is 2.26. The molecule has 0 heterocycles. The third-order valence-corrected chi connectivity index (χ3v) is 4.37. The van der Waals surface area contributed by atoms with Gasteiger partial charge in [-0.3, -0.25) is 4.79 Å². The Morgan fingerprint density at radius 2 is 1.95 bits per heavy atom. The number of aliphatic hydroxyl groups is 1. The number of carbonyl (C=O) groups is 1. The van der Waals surface area contributed by atoms with Gasteiger partial charge in [-0.2, -0.15) is 0 Å². The van der Waals surface area contributed by atoms with Crippen molar-refractivity contribution < 1.29 is 9.90 Å². The van der Waals surface area contributed by atoms with Crippen molar-refractivity contribution in [3.8, 4) is 0 Å². The summed E-state index contributed by atoms with van der Waals surface area (Å²) in [6.45, 7) is 2.46. The third-order valence-electron chi connectivity index (χ3n) is 4.37. The molecule has 3 heteroatoms. The van der Waals surface area contributed by atoms with E-state index in [-0.39, 0.29) is 5.91 Å². The molecule has 1 fully saturated rings.